The van der Waals surface area contributed by atoms with Gasteiger partial charge < -0.3 is 16.0 Å². The van der Waals surface area contributed by atoms with Crippen LogP contribution in [0, 0.1) is 12.7 Å². The molecule has 0 saturated carbocycles. The Morgan fingerprint density at radius 2 is 2.04 bits per heavy atom. The van der Waals surface area contributed by atoms with Crippen LogP contribution < -0.4 is 16.0 Å². The number of urea groups is 1. The number of carbonyl (C=O) groups is 2. The van der Waals surface area contributed by atoms with Crippen LogP contribution in [0.2, 0.25) is 0 Å². The topological polar surface area (TPSA) is 70.2 Å². The molecule has 0 radical (unpaired) electrons. The van der Waals surface area contributed by atoms with Gasteiger partial charge in [0, 0.05) is 23.7 Å². The van der Waals surface area contributed by atoms with E-state index in [-0.39, 0.29) is 29.8 Å². The highest BCUT2D eigenvalue weighted by atomic mass is 19.1. The van der Waals surface area contributed by atoms with Crippen molar-refractivity contribution in [2.45, 2.75) is 58.0 Å². The maximum absolute atomic E-state index is 13.4. The van der Waals surface area contributed by atoms with Crippen molar-refractivity contribution in [1.29, 1.82) is 0 Å². The molecule has 5 nitrogen and oxygen atoms in total. The predicted molar refractivity (Wildman–Crippen MR) is 87.8 cm³/mol. The van der Waals surface area contributed by atoms with Crippen LogP contribution in [0.4, 0.5) is 14.9 Å². The van der Waals surface area contributed by atoms with Crippen LogP contribution in [0.15, 0.2) is 18.2 Å². The number of hydrogen-bond donors (Lipinski definition) is 3. The summed E-state index contributed by atoms with van der Waals surface area (Å²) in [4.78, 5) is 23.1. The smallest absolute Gasteiger partial charge is 0.315 e. The van der Waals surface area contributed by atoms with E-state index in [4.69, 9.17) is 0 Å². The van der Waals surface area contributed by atoms with Crippen molar-refractivity contribution in [1.82, 2.24) is 10.6 Å². The summed E-state index contributed by atoms with van der Waals surface area (Å²) in [6.07, 6.45) is 3.99. The summed E-state index contributed by atoms with van der Waals surface area (Å²) in [7, 11) is 0. The summed E-state index contributed by atoms with van der Waals surface area (Å²) in [5.41, 5.74) is 0.989. The maximum atomic E-state index is 13.4. The minimum absolute atomic E-state index is 0.0945. The molecule has 126 valence electrons. The van der Waals surface area contributed by atoms with Gasteiger partial charge in [-0.2, -0.15) is 0 Å². The lowest BCUT2D eigenvalue weighted by molar-refractivity contribution is -0.116. The molecule has 1 saturated heterocycles. The van der Waals surface area contributed by atoms with E-state index in [2.05, 4.69) is 16.0 Å². The molecule has 3 N–H and O–H groups in total. The van der Waals surface area contributed by atoms with Crippen LogP contribution >= 0.6 is 0 Å². The fourth-order valence-corrected chi connectivity index (χ4v) is 2.75. The Balaban J connectivity index is 1.63. The number of hydrogen-bond acceptors (Lipinski definition) is 2. The van der Waals surface area contributed by atoms with Crippen LogP contribution in [0.1, 0.15) is 44.6 Å². The van der Waals surface area contributed by atoms with Gasteiger partial charge >= 0.3 is 6.03 Å². The first-order valence-corrected chi connectivity index (χ1v) is 8.09. The van der Waals surface area contributed by atoms with Gasteiger partial charge in [-0.1, -0.05) is 18.9 Å². The third-order valence-corrected chi connectivity index (χ3v) is 4.24. The standard InChI is InChI=1S/C17H24FN3O2/c1-11-13(18)7-6-9-14(11)20-16(22)10-5-3-4-8-15-12(2)19-17(23)21-15/h6-7,9,12,15H,3-5,8,10H2,1-2H3,(H,20,22)(H2,19,21,23)/t12-,15-/m1/s1. The lowest BCUT2D eigenvalue weighted by Gasteiger charge is -2.13. The first kappa shape index (κ1) is 17.2. The molecule has 1 aromatic carbocycles. The monoisotopic (exact) mass is 321 g/mol. The van der Waals surface area contributed by atoms with Crippen LogP contribution in [-0.4, -0.2) is 24.0 Å². The lowest BCUT2D eigenvalue weighted by atomic mass is 10.0. The van der Waals surface area contributed by atoms with Gasteiger partial charge in [-0.25, -0.2) is 9.18 Å². The van der Waals surface area contributed by atoms with E-state index in [1.807, 2.05) is 6.92 Å². The zero-order valence-electron chi connectivity index (χ0n) is 13.6. The van der Waals surface area contributed by atoms with Crippen LogP contribution in [0.5, 0.6) is 0 Å². The van der Waals surface area contributed by atoms with Gasteiger partial charge in [0.1, 0.15) is 5.82 Å². The first-order chi connectivity index (χ1) is 11.0. The van der Waals surface area contributed by atoms with E-state index in [0.29, 0.717) is 17.7 Å². The number of unbranched alkanes of at least 4 members (excludes halogenated alkanes) is 2. The quantitative estimate of drug-likeness (QED) is 0.675. The van der Waals surface area contributed by atoms with E-state index in [1.54, 1.807) is 19.1 Å². The van der Waals surface area contributed by atoms with Crippen molar-refractivity contribution in [3.8, 4) is 0 Å². The van der Waals surface area contributed by atoms with Gasteiger partial charge in [0.2, 0.25) is 5.91 Å². The number of rotatable bonds is 7. The highest BCUT2D eigenvalue weighted by molar-refractivity contribution is 5.91. The average molecular weight is 321 g/mol. The second kappa shape index (κ2) is 7.94. The molecule has 6 heteroatoms. The van der Waals surface area contributed by atoms with E-state index in [0.717, 1.165) is 25.7 Å². The Morgan fingerprint density at radius 3 is 2.74 bits per heavy atom. The van der Waals surface area contributed by atoms with Crippen molar-refractivity contribution >= 4 is 17.6 Å². The number of benzene rings is 1. The Bertz CT molecular complexity index is 577. The zero-order valence-corrected chi connectivity index (χ0v) is 13.6. The third kappa shape index (κ3) is 4.94. The van der Waals surface area contributed by atoms with E-state index in [1.165, 1.54) is 6.07 Å². The molecule has 1 fully saturated rings. The number of nitrogens with one attached hydrogen (secondary N) is 3. The summed E-state index contributed by atoms with van der Waals surface area (Å²) in [5, 5.41) is 8.45. The molecule has 1 aliphatic heterocycles. The third-order valence-electron chi connectivity index (χ3n) is 4.24. The molecule has 0 aromatic heterocycles. The number of halogens is 1. The van der Waals surface area contributed by atoms with Gasteiger partial charge in [0.15, 0.2) is 0 Å². The highest BCUT2D eigenvalue weighted by Crippen LogP contribution is 2.18. The van der Waals surface area contributed by atoms with Crippen LogP contribution in [0.25, 0.3) is 0 Å². The molecule has 1 aliphatic rings. The molecule has 23 heavy (non-hydrogen) atoms. The normalized spacial score (nSPS) is 20.0. The molecule has 0 aliphatic carbocycles. The summed E-state index contributed by atoms with van der Waals surface area (Å²) < 4.78 is 13.4. The van der Waals surface area contributed by atoms with E-state index in [9.17, 15) is 14.0 Å². The summed E-state index contributed by atoms with van der Waals surface area (Å²) in [6.45, 7) is 3.63. The Kier molecular flexibility index (Phi) is 5.96. The molecular weight excluding hydrogens is 297 g/mol. The minimum Gasteiger partial charge on any atom is -0.334 e. The van der Waals surface area contributed by atoms with Gasteiger partial charge in [-0.15, -0.1) is 0 Å². The first-order valence-electron chi connectivity index (χ1n) is 8.09. The number of carbonyl (C=O) groups excluding carboxylic acids is 2. The fourth-order valence-electron chi connectivity index (χ4n) is 2.75. The molecular formula is C17H24FN3O2. The molecule has 1 aromatic rings. The number of amides is 3. The van der Waals surface area contributed by atoms with Gasteiger partial charge in [0.05, 0.1) is 6.04 Å². The Hall–Kier alpha value is -2.11. The van der Waals surface area contributed by atoms with Crippen LogP contribution in [-0.2, 0) is 4.79 Å². The van der Waals surface area contributed by atoms with Crippen molar-refractivity contribution in [3.05, 3.63) is 29.6 Å². The van der Waals surface area contributed by atoms with E-state index >= 15 is 0 Å². The average Bonchev–Trinajstić information content (AvgIpc) is 2.81. The molecule has 3 amide bonds. The molecule has 2 rings (SSSR count). The van der Waals surface area contributed by atoms with Crippen molar-refractivity contribution in [3.63, 3.8) is 0 Å². The van der Waals surface area contributed by atoms with Crippen LogP contribution in [0.3, 0.4) is 0 Å². The Morgan fingerprint density at radius 1 is 1.26 bits per heavy atom. The SMILES string of the molecule is Cc1c(F)cccc1NC(=O)CCCCC[C@H]1NC(=O)N[C@@H]1C. The largest absolute Gasteiger partial charge is 0.334 e. The maximum Gasteiger partial charge on any atom is 0.315 e. The molecule has 2 atom stereocenters. The lowest BCUT2D eigenvalue weighted by Crippen LogP contribution is -2.30. The van der Waals surface area contributed by atoms with Gasteiger partial charge in [0.25, 0.3) is 0 Å². The number of anilines is 1. The summed E-state index contributed by atoms with van der Waals surface area (Å²) in [6, 6.07) is 4.89. The minimum atomic E-state index is -0.316. The van der Waals surface area contributed by atoms with Crippen molar-refractivity contribution < 1.29 is 14.0 Å². The second-order valence-electron chi connectivity index (χ2n) is 6.07. The van der Waals surface area contributed by atoms with E-state index < -0.39 is 0 Å². The van der Waals surface area contributed by atoms with Crippen molar-refractivity contribution in [2.24, 2.45) is 0 Å². The van der Waals surface area contributed by atoms with Gasteiger partial charge in [-0.05, 0) is 38.8 Å². The molecule has 0 unspecified atom stereocenters. The summed E-state index contributed by atoms with van der Waals surface area (Å²) in [5.74, 6) is -0.410. The zero-order chi connectivity index (χ0) is 16.8. The second-order valence-corrected chi connectivity index (χ2v) is 6.07. The summed E-state index contributed by atoms with van der Waals surface area (Å²) >= 11 is 0. The predicted octanol–water partition coefficient (Wildman–Crippen LogP) is 3.09. The fraction of sp³-hybridized carbons (Fsp3) is 0.529. The van der Waals surface area contributed by atoms with Gasteiger partial charge in [-0.3, -0.25) is 4.79 Å². The van der Waals surface area contributed by atoms with Crippen molar-refractivity contribution in [2.75, 3.05) is 5.32 Å². The highest BCUT2D eigenvalue weighted by Gasteiger charge is 2.26. The molecule has 1 heterocycles. The molecule has 0 bridgehead atoms. The Labute approximate surface area is 136 Å². The molecule has 0 spiro atoms.